The summed E-state index contributed by atoms with van der Waals surface area (Å²) in [5.74, 6) is -1.03. The van der Waals surface area contributed by atoms with Crippen molar-refractivity contribution in [2.24, 2.45) is 5.92 Å². The van der Waals surface area contributed by atoms with Crippen LogP contribution in [-0.2, 0) is 20.7 Å². The van der Waals surface area contributed by atoms with Crippen LogP contribution in [0.2, 0.25) is 0 Å². The van der Waals surface area contributed by atoms with Crippen LogP contribution in [0, 0.1) is 17.6 Å². The Morgan fingerprint density at radius 1 is 1.35 bits per heavy atom. The highest BCUT2D eigenvalue weighted by atomic mass is 19.1. The molecule has 0 bridgehead atoms. The highest BCUT2D eigenvalue weighted by Crippen LogP contribution is 2.43. The lowest BCUT2D eigenvalue weighted by Gasteiger charge is -2.40. The summed E-state index contributed by atoms with van der Waals surface area (Å²) in [4.78, 5) is 11.7. The number of ether oxygens (including phenoxy) is 3. The Labute approximate surface area is 152 Å². The molecule has 1 aliphatic carbocycles. The summed E-state index contributed by atoms with van der Waals surface area (Å²) in [6.07, 6.45) is 3.04. The van der Waals surface area contributed by atoms with Gasteiger partial charge in [0.2, 0.25) is 0 Å². The molecule has 1 saturated carbocycles. The number of ketones is 1. The molecule has 1 aromatic rings. The SMILES string of the molecule is CCCCOc1cc(F)c(C[C@H](C)[C@]23CCC(=O)CC2OCO3)cc1F. The molecule has 26 heavy (non-hydrogen) atoms. The van der Waals surface area contributed by atoms with Gasteiger partial charge in [-0.2, -0.15) is 0 Å². The Morgan fingerprint density at radius 3 is 2.92 bits per heavy atom. The number of unbranched alkanes of at least 4 members (excludes halogenated alkanes) is 1. The predicted molar refractivity (Wildman–Crippen MR) is 92.0 cm³/mol. The normalized spacial score (nSPS) is 26.6. The summed E-state index contributed by atoms with van der Waals surface area (Å²) in [5.41, 5.74) is -0.314. The van der Waals surface area contributed by atoms with Crippen LogP contribution in [0.5, 0.6) is 5.75 Å². The number of carbonyl (C=O) groups is 1. The zero-order valence-electron chi connectivity index (χ0n) is 15.4. The molecular formula is C20H26F2O4. The van der Waals surface area contributed by atoms with E-state index >= 15 is 0 Å². The minimum Gasteiger partial charge on any atom is -0.490 e. The van der Waals surface area contributed by atoms with E-state index < -0.39 is 17.2 Å². The maximum absolute atomic E-state index is 14.5. The number of hydrogen-bond donors (Lipinski definition) is 0. The molecule has 4 nitrogen and oxygen atoms in total. The molecule has 3 rings (SSSR count). The fourth-order valence-electron chi connectivity index (χ4n) is 3.94. The van der Waals surface area contributed by atoms with Crippen molar-refractivity contribution < 1.29 is 27.8 Å². The van der Waals surface area contributed by atoms with Crippen molar-refractivity contribution >= 4 is 5.78 Å². The van der Waals surface area contributed by atoms with Crippen molar-refractivity contribution in [3.05, 3.63) is 29.3 Å². The zero-order chi connectivity index (χ0) is 18.7. The van der Waals surface area contributed by atoms with Crippen molar-refractivity contribution in [1.29, 1.82) is 0 Å². The average Bonchev–Trinajstić information content (AvgIpc) is 3.03. The fraction of sp³-hybridized carbons (Fsp3) is 0.650. The van der Waals surface area contributed by atoms with Gasteiger partial charge in [0.05, 0.1) is 12.7 Å². The molecule has 0 radical (unpaired) electrons. The average molecular weight is 368 g/mol. The quantitative estimate of drug-likeness (QED) is 0.677. The van der Waals surface area contributed by atoms with Crippen LogP contribution >= 0.6 is 0 Å². The Balaban J connectivity index is 1.74. The number of benzene rings is 1. The molecular weight excluding hydrogens is 342 g/mol. The van der Waals surface area contributed by atoms with Gasteiger partial charge in [0.1, 0.15) is 24.0 Å². The highest BCUT2D eigenvalue weighted by Gasteiger charge is 2.52. The first-order chi connectivity index (χ1) is 12.5. The van der Waals surface area contributed by atoms with Gasteiger partial charge in [-0.3, -0.25) is 4.79 Å². The number of Topliss-reactive ketones (excluding diaryl/α,β-unsaturated/α-hetero) is 1. The maximum Gasteiger partial charge on any atom is 0.165 e. The minimum atomic E-state index is -0.604. The monoisotopic (exact) mass is 368 g/mol. The third-order valence-electron chi connectivity index (χ3n) is 5.57. The summed E-state index contributed by atoms with van der Waals surface area (Å²) >= 11 is 0. The van der Waals surface area contributed by atoms with Gasteiger partial charge in [-0.15, -0.1) is 0 Å². The molecule has 0 N–H and O–H groups in total. The number of halogens is 2. The standard InChI is InChI=1S/C20H26F2O4/c1-3-4-7-24-18-11-16(21)14(9-17(18)22)8-13(2)20-6-5-15(23)10-19(20)25-12-26-20/h9,11,13,19H,3-8,10,12H2,1-2H3/t13-,19?,20+/m0/s1. The van der Waals surface area contributed by atoms with Crippen molar-refractivity contribution in [3.63, 3.8) is 0 Å². The van der Waals surface area contributed by atoms with Gasteiger partial charge in [0.25, 0.3) is 0 Å². The molecule has 1 heterocycles. The van der Waals surface area contributed by atoms with Gasteiger partial charge in [0, 0.05) is 18.9 Å². The minimum absolute atomic E-state index is 0.0490. The third-order valence-corrected chi connectivity index (χ3v) is 5.57. The van der Waals surface area contributed by atoms with Crippen LogP contribution in [0.1, 0.15) is 51.5 Å². The van der Waals surface area contributed by atoms with E-state index in [-0.39, 0.29) is 30.3 Å². The molecule has 2 aliphatic rings. The van der Waals surface area contributed by atoms with E-state index in [4.69, 9.17) is 14.2 Å². The molecule has 144 valence electrons. The largest absolute Gasteiger partial charge is 0.490 e. The van der Waals surface area contributed by atoms with E-state index in [9.17, 15) is 13.6 Å². The number of hydrogen-bond acceptors (Lipinski definition) is 4. The van der Waals surface area contributed by atoms with Crippen molar-refractivity contribution in [2.75, 3.05) is 13.4 Å². The van der Waals surface area contributed by atoms with Crippen LogP contribution in [0.4, 0.5) is 8.78 Å². The maximum atomic E-state index is 14.5. The fourth-order valence-corrected chi connectivity index (χ4v) is 3.94. The van der Waals surface area contributed by atoms with Gasteiger partial charge < -0.3 is 14.2 Å². The smallest absolute Gasteiger partial charge is 0.165 e. The van der Waals surface area contributed by atoms with Gasteiger partial charge in [-0.25, -0.2) is 8.78 Å². The van der Waals surface area contributed by atoms with E-state index in [1.165, 1.54) is 6.07 Å². The second-order valence-corrected chi connectivity index (χ2v) is 7.30. The van der Waals surface area contributed by atoms with Crippen molar-refractivity contribution in [3.8, 4) is 5.75 Å². The predicted octanol–water partition coefficient (Wildman–Crippen LogP) is 4.19. The molecule has 0 spiro atoms. The molecule has 1 saturated heterocycles. The summed E-state index contributed by atoms with van der Waals surface area (Å²) in [6, 6.07) is 2.33. The number of carbonyl (C=O) groups excluding carboxylic acids is 1. The summed E-state index contributed by atoms with van der Waals surface area (Å²) in [7, 11) is 0. The first kappa shape index (κ1) is 19.2. The number of rotatable bonds is 7. The molecule has 1 aliphatic heterocycles. The lowest BCUT2D eigenvalue weighted by Crippen LogP contribution is -2.50. The lowest BCUT2D eigenvalue weighted by molar-refractivity contribution is -0.130. The van der Waals surface area contributed by atoms with E-state index in [1.807, 2.05) is 13.8 Å². The molecule has 2 fully saturated rings. The van der Waals surface area contributed by atoms with Crippen molar-refractivity contribution in [2.45, 2.75) is 64.1 Å². The molecule has 1 unspecified atom stereocenters. The van der Waals surface area contributed by atoms with Gasteiger partial charge in [-0.05, 0) is 36.8 Å². The van der Waals surface area contributed by atoms with Gasteiger partial charge >= 0.3 is 0 Å². The first-order valence-electron chi connectivity index (χ1n) is 9.34. The van der Waals surface area contributed by atoms with Crippen LogP contribution < -0.4 is 4.74 Å². The third kappa shape index (κ3) is 3.76. The highest BCUT2D eigenvalue weighted by molar-refractivity contribution is 5.80. The first-order valence-corrected chi connectivity index (χ1v) is 9.34. The molecule has 0 aromatic heterocycles. The van der Waals surface area contributed by atoms with E-state index in [1.54, 1.807) is 0 Å². The Bertz CT molecular complexity index is 663. The van der Waals surface area contributed by atoms with Crippen LogP contribution in [0.15, 0.2) is 12.1 Å². The lowest BCUT2D eigenvalue weighted by atomic mass is 9.72. The second kappa shape index (κ2) is 8.01. The summed E-state index contributed by atoms with van der Waals surface area (Å²) in [5, 5.41) is 0. The molecule has 6 heteroatoms. The molecule has 3 atom stereocenters. The van der Waals surface area contributed by atoms with Gasteiger partial charge in [0.15, 0.2) is 11.6 Å². The van der Waals surface area contributed by atoms with Crippen LogP contribution in [0.3, 0.4) is 0 Å². The summed E-state index contributed by atoms with van der Waals surface area (Å²) < 4.78 is 45.5. The Kier molecular flexibility index (Phi) is 5.92. The summed E-state index contributed by atoms with van der Waals surface area (Å²) in [6.45, 7) is 4.46. The van der Waals surface area contributed by atoms with E-state index in [2.05, 4.69) is 0 Å². The second-order valence-electron chi connectivity index (χ2n) is 7.30. The van der Waals surface area contributed by atoms with E-state index in [0.29, 0.717) is 37.9 Å². The Hall–Kier alpha value is -1.53. The van der Waals surface area contributed by atoms with Crippen molar-refractivity contribution in [1.82, 2.24) is 0 Å². The molecule has 1 aromatic carbocycles. The zero-order valence-corrected chi connectivity index (χ0v) is 15.4. The van der Waals surface area contributed by atoms with Crippen LogP contribution in [0.25, 0.3) is 0 Å². The molecule has 0 amide bonds. The topological polar surface area (TPSA) is 44.8 Å². The Morgan fingerprint density at radius 2 is 2.15 bits per heavy atom. The van der Waals surface area contributed by atoms with E-state index in [0.717, 1.165) is 18.9 Å². The van der Waals surface area contributed by atoms with Crippen LogP contribution in [-0.4, -0.2) is 30.9 Å². The number of fused-ring (bicyclic) bond motifs is 1. The van der Waals surface area contributed by atoms with Gasteiger partial charge in [-0.1, -0.05) is 20.3 Å².